The van der Waals surface area contributed by atoms with Gasteiger partial charge >= 0.3 is 0 Å². The third kappa shape index (κ3) is 2.44. The van der Waals surface area contributed by atoms with Crippen molar-refractivity contribution in [1.29, 1.82) is 0 Å². The van der Waals surface area contributed by atoms with Crippen LogP contribution in [-0.2, 0) is 5.41 Å². The number of nitrogens with one attached hydrogen (secondary N) is 1. The monoisotopic (exact) mass is 298 g/mol. The van der Waals surface area contributed by atoms with Gasteiger partial charge in [-0.3, -0.25) is 4.99 Å². The molecule has 3 heteroatoms. The van der Waals surface area contributed by atoms with Crippen molar-refractivity contribution in [2.45, 2.75) is 19.3 Å². The van der Waals surface area contributed by atoms with E-state index in [4.69, 9.17) is 16.6 Å². The van der Waals surface area contributed by atoms with Crippen molar-refractivity contribution in [1.82, 2.24) is 0 Å². The second-order valence-electron chi connectivity index (χ2n) is 6.03. The molecule has 21 heavy (non-hydrogen) atoms. The van der Waals surface area contributed by atoms with Gasteiger partial charge in [-0.2, -0.15) is 0 Å². The molecule has 1 heterocycles. The van der Waals surface area contributed by atoms with Gasteiger partial charge in [-0.05, 0) is 23.8 Å². The molecule has 2 nitrogen and oxygen atoms in total. The van der Waals surface area contributed by atoms with E-state index in [0.717, 1.165) is 28.5 Å². The number of nitrogens with zero attached hydrogens (tertiary/aromatic N) is 1. The van der Waals surface area contributed by atoms with Crippen LogP contribution in [0, 0.1) is 0 Å². The Morgan fingerprint density at radius 1 is 1.10 bits per heavy atom. The highest BCUT2D eigenvalue weighted by Crippen LogP contribution is 2.34. The first-order chi connectivity index (χ1) is 10.0. The molecule has 0 spiro atoms. The molecule has 0 amide bonds. The number of benzene rings is 2. The maximum atomic E-state index is 6.19. The molecule has 1 aliphatic heterocycles. The molecule has 2 aromatic carbocycles. The first-order valence-corrected chi connectivity index (χ1v) is 7.53. The van der Waals surface area contributed by atoms with E-state index in [2.05, 4.69) is 43.4 Å². The van der Waals surface area contributed by atoms with Crippen molar-refractivity contribution in [2.75, 3.05) is 18.9 Å². The Labute approximate surface area is 130 Å². The second-order valence-corrected chi connectivity index (χ2v) is 6.47. The Morgan fingerprint density at radius 3 is 2.62 bits per heavy atom. The molecule has 0 bridgehead atoms. The van der Waals surface area contributed by atoms with Gasteiger partial charge in [0.15, 0.2) is 0 Å². The number of fused-ring (bicyclic) bond motifs is 1. The number of anilines is 1. The lowest BCUT2D eigenvalue weighted by molar-refractivity contribution is 0.532. The highest BCUT2D eigenvalue weighted by Gasteiger charge is 2.30. The maximum absolute atomic E-state index is 6.19. The lowest BCUT2D eigenvalue weighted by atomic mass is 9.77. The summed E-state index contributed by atoms with van der Waals surface area (Å²) < 4.78 is 0. The zero-order chi connectivity index (χ0) is 15.0. The summed E-state index contributed by atoms with van der Waals surface area (Å²) in [5.74, 6) is 0. The molecule has 3 rings (SSSR count). The Balaban J connectivity index is 2.21. The minimum atomic E-state index is 0.0679. The Kier molecular flexibility index (Phi) is 3.50. The first-order valence-electron chi connectivity index (χ1n) is 7.15. The fourth-order valence-corrected chi connectivity index (χ4v) is 3.06. The zero-order valence-corrected chi connectivity index (χ0v) is 13.3. The third-order valence-electron chi connectivity index (χ3n) is 4.05. The largest absolute Gasteiger partial charge is 0.388 e. The fourth-order valence-electron chi connectivity index (χ4n) is 2.89. The molecule has 0 aromatic heterocycles. The Bertz CT molecular complexity index is 717. The Hall–Kier alpha value is -1.80. The lowest BCUT2D eigenvalue weighted by Crippen LogP contribution is -2.30. The zero-order valence-electron chi connectivity index (χ0n) is 12.6. The summed E-state index contributed by atoms with van der Waals surface area (Å²) >= 11 is 6.19. The van der Waals surface area contributed by atoms with E-state index in [0.29, 0.717) is 0 Å². The first kappa shape index (κ1) is 14.2. The number of rotatable bonds is 2. The summed E-state index contributed by atoms with van der Waals surface area (Å²) in [6.07, 6.45) is 0. The summed E-state index contributed by atoms with van der Waals surface area (Å²) in [4.78, 5) is 4.86. The van der Waals surface area contributed by atoms with Crippen LogP contribution in [0.4, 0.5) is 5.69 Å². The van der Waals surface area contributed by atoms with Crippen molar-refractivity contribution in [3.8, 4) is 0 Å². The maximum Gasteiger partial charge on any atom is 0.0743 e. The summed E-state index contributed by atoms with van der Waals surface area (Å²) in [6, 6.07) is 14.4. The number of halogens is 1. The van der Waals surface area contributed by atoms with Gasteiger partial charge in [-0.1, -0.05) is 49.7 Å². The molecule has 0 atom stereocenters. The van der Waals surface area contributed by atoms with Crippen molar-refractivity contribution in [2.24, 2.45) is 4.99 Å². The summed E-state index contributed by atoms with van der Waals surface area (Å²) in [6.45, 7) is 5.27. The molecule has 0 saturated heterocycles. The van der Waals surface area contributed by atoms with Gasteiger partial charge in [-0.15, -0.1) is 0 Å². The predicted molar refractivity (Wildman–Crippen MR) is 91.0 cm³/mol. The van der Waals surface area contributed by atoms with E-state index in [-0.39, 0.29) is 5.41 Å². The van der Waals surface area contributed by atoms with Crippen molar-refractivity contribution in [3.05, 3.63) is 64.2 Å². The summed E-state index contributed by atoms with van der Waals surface area (Å²) in [7, 11) is 1.92. The normalized spacial score (nSPS) is 16.1. The highest BCUT2D eigenvalue weighted by atomic mass is 35.5. The summed E-state index contributed by atoms with van der Waals surface area (Å²) in [5, 5.41) is 3.96. The van der Waals surface area contributed by atoms with Crippen LogP contribution in [0.15, 0.2) is 47.5 Å². The van der Waals surface area contributed by atoms with Gasteiger partial charge in [0.25, 0.3) is 0 Å². The number of hydrogen-bond donors (Lipinski definition) is 1. The molecule has 0 aliphatic carbocycles. The van der Waals surface area contributed by atoms with Gasteiger partial charge in [0.2, 0.25) is 0 Å². The van der Waals surface area contributed by atoms with Gasteiger partial charge in [0.1, 0.15) is 0 Å². The van der Waals surface area contributed by atoms with E-state index < -0.39 is 0 Å². The quantitative estimate of drug-likeness (QED) is 0.866. The van der Waals surface area contributed by atoms with E-state index in [1.165, 1.54) is 11.1 Å². The van der Waals surface area contributed by atoms with Crippen LogP contribution in [-0.4, -0.2) is 19.3 Å². The highest BCUT2D eigenvalue weighted by molar-refractivity contribution is 6.31. The van der Waals surface area contributed by atoms with E-state index in [1.54, 1.807) is 0 Å². The van der Waals surface area contributed by atoms with Crippen LogP contribution in [0.5, 0.6) is 0 Å². The molecule has 2 aromatic rings. The van der Waals surface area contributed by atoms with Crippen molar-refractivity contribution < 1.29 is 0 Å². The smallest absolute Gasteiger partial charge is 0.0743 e. The summed E-state index contributed by atoms with van der Waals surface area (Å²) in [5.41, 5.74) is 5.75. The van der Waals surface area contributed by atoms with Crippen LogP contribution >= 0.6 is 11.6 Å². The van der Waals surface area contributed by atoms with Crippen molar-refractivity contribution >= 4 is 23.0 Å². The fraction of sp³-hybridized carbons (Fsp3) is 0.278. The van der Waals surface area contributed by atoms with Crippen LogP contribution in [0.1, 0.15) is 30.5 Å². The number of hydrogen-bond acceptors (Lipinski definition) is 2. The SMILES string of the molecule is CNc1ccc(Cl)cc1C1=NCC(C)(C)c2ccccc21. The van der Waals surface area contributed by atoms with Crippen LogP contribution < -0.4 is 5.32 Å². The van der Waals surface area contributed by atoms with E-state index in [1.807, 2.05) is 25.2 Å². The molecule has 0 saturated carbocycles. The topological polar surface area (TPSA) is 24.4 Å². The van der Waals surface area contributed by atoms with E-state index >= 15 is 0 Å². The van der Waals surface area contributed by atoms with Crippen LogP contribution in [0.25, 0.3) is 0 Å². The molecule has 1 N–H and O–H groups in total. The minimum Gasteiger partial charge on any atom is -0.388 e. The van der Waals surface area contributed by atoms with Crippen LogP contribution in [0.3, 0.4) is 0 Å². The van der Waals surface area contributed by atoms with Gasteiger partial charge < -0.3 is 5.32 Å². The average Bonchev–Trinajstić information content (AvgIpc) is 2.47. The lowest BCUT2D eigenvalue weighted by Gasteiger charge is -2.31. The van der Waals surface area contributed by atoms with Gasteiger partial charge in [0, 0.05) is 40.8 Å². The predicted octanol–water partition coefficient (Wildman–Crippen LogP) is 4.51. The third-order valence-corrected chi connectivity index (χ3v) is 4.28. The molecule has 1 aliphatic rings. The van der Waals surface area contributed by atoms with E-state index in [9.17, 15) is 0 Å². The molecular weight excluding hydrogens is 280 g/mol. The standard InChI is InChI=1S/C18H19ClN2/c1-18(2)11-21-17(13-6-4-5-7-15(13)18)14-10-12(19)8-9-16(14)20-3/h4-10,20H,11H2,1-3H3. The number of aliphatic imine (C=N–C) groups is 1. The minimum absolute atomic E-state index is 0.0679. The van der Waals surface area contributed by atoms with Gasteiger partial charge in [0.05, 0.1) is 5.71 Å². The molecule has 0 unspecified atom stereocenters. The molecule has 0 radical (unpaired) electrons. The molecule has 108 valence electrons. The second kappa shape index (κ2) is 5.19. The molecular formula is C18H19ClN2. The Morgan fingerprint density at radius 2 is 1.86 bits per heavy atom. The van der Waals surface area contributed by atoms with Crippen molar-refractivity contribution in [3.63, 3.8) is 0 Å². The van der Waals surface area contributed by atoms with Gasteiger partial charge in [-0.25, -0.2) is 0 Å². The molecule has 0 fully saturated rings. The van der Waals surface area contributed by atoms with Crippen LogP contribution in [0.2, 0.25) is 5.02 Å². The average molecular weight is 299 g/mol.